The van der Waals surface area contributed by atoms with Crippen molar-refractivity contribution in [1.29, 1.82) is 0 Å². The van der Waals surface area contributed by atoms with Crippen LogP contribution in [0.3, 0.4) is 0 Å². The van der Waals surface area contributed by atoms with Gasteiger partial charge in [0.2, 0.25) is 0 Å². The Kier molecular flexibility index (Phi) is 4.08. The van der Waals surface area contributed by atoms with Gasteiger partial charge >= 0.3 is 5.97 Å². The Hall–Kier alpha value is -2.29. The van der Waals surface area contributed by atoms with Gasteiger partial charge in [0.25, 0.3) is 0 Å². The van der Waals surface area contributed by atoms with E-state index in [0.717, 1.165) is 16.9 Å². The van der Waals surface area contributed by atoms with Crippen LogP contribution in [-0.4, -0.2) is 11.1 Å². The summed E-state index contributed by atoms with van der Waals surface area (Å²) in [5.74, 6) is 0.196. The molecule has 104 valence electrons. The predicted molar refractivity (Wildman–Crippen MR) is 78.5 cm³/mol. The fourth-order valence-corrected chi connectivity index (χ4v) is 1.93. The van der Waals surface area contributed by atoms with Crippen LogP contribution in [0.4, 0.5) is 0 Å². The van der Waals surface area contributed by atoms with Gasteiger partial charge in [-0.1, -0.05) is 24.3 Å². The summed E-state index contributed by atoms with van der Waals surface area (Å²) < 4.78 is 5.84. The number of aryl methyl sites for hydroxylation is 1. The molecule has 0 spiro atoms. The molecule has 3 heteroatoms. The van der Waals surface area contributed by atoms with Gasteiger partial charge in [0, 0.05) is 0 Å². The SMILES string of the molecule is Cc1cccc(Oc2ccc(C(C)C(=O)O)cc2)c1C. The predicted octanol–water partition coefficient (Wildman–Crippen LogP) is 4.28. The maximum Gasteiger partial charge on any atom is 0.310 e. The van der Waals surface area contributed by atoms with Crippen LogP contribution in [0.25, 0.3) is 0 Å². The van der Waals surface area contributed by atoms with Gasteiger partial charge in [-0.15, -0.1) is 0 Å². The molecule has 2 rings (SSSR count). The van der Waals surface area contributed by atoms with Crippen LogP contribution >= 0.6 is 0 Å². The zero-order chi connectivity index (χ0) is 14.7. The molecule has 0 heterocycles. The third-order valence-electron chi connectivity index (χ3n) is 3.53. The van der Waals surface area contributed by atoms with Crippen LogP contribution in [0, 0.1) is 13.8 Å². The van der Waals surface area contributed by atoms with Crippen LogP contribution in [0.2, 0.25) is 0 Å². The molecule has 0 saturated carbocycles. The number of hydrogen-bond acceptors (Lipinski definition) is 2. The molecule has 0 bridgehead atoms. The Balaban J connectivity index is 2.19. The molecule has 0 aliphatic rings. The molecule has 2 aromatic carbocycles. The second kappa shape index (κ2) is 5.78. The molecule has 3 nitrogen and oxygen atoms in total. The summed E-state index contributed by atoms with van der Waals surface area (Å²) in [5, 5.41) is 8.98. The molecular weight excluding hydrogens is 252 g/mol. The Morgan fingerprint density at radius 3 is 2.35 bits per heavy atom. The van der Waals surface area contributed by atoms with Gasteiger partial charge < -0.3 is 9.84 Å². The third-order valence-corrected chi connectivity index (χ3v) is 3.53. The van der Waals surface area contributed by atoms with E-state index in [4.69, 9.17) is 9.84 Å². The monoisotopic (exact) mass is 270 g/mol. The minimum Gasteiger partial charge on any atom is -0.481 e. The van der Waals surface area contributed by atoms with Gasteiger partial charge in [0.1, 0.15) is 11.5 Å². The lowest BCUT2D eigenvalue weighted by Crippen LogP contribution is -2.06. The standard InChI is InChI=1S/C17H18O3/c1-11-5-4-6-16(12(11)2)20-15-9-7-14(8-10-15)13(3)17(18)19/h4-10,13H,1-3H3,(H,18,19). The first kappa shape index (κ1) is 14.1. The highest BCUT2D eigenvalue weighted by atomic mass is 16.5. The van der Waals surface area contributed by atoms with E-state index in [2.05, 4.69) is 0 Å². The normalized spacial score (nSPS) is 11.9. The van der Waals surface area contributed by atoms with Gasteiger partial charge in [-0.05, 0) is 55.7 Å². The lowest BCUT2D eigenvalue weighted by molar-refractivity contribution is -0.138. The van der Waals surface area contributed by atoms with Gasteiger partial charge in [0.15, 0.2) is 0 Å². The molecule has 20 heavy (non-hydrogen) atoms. The Bertz CT molecular complexity index is 615. The molecule has 1 unspecified atom stereocenters. The highest BCUT2D eigenvalue weighted by molar-refractivity contribution is 5.75. The highest BCUT2D eigenvalue weighted by Gasteiger charge is 2.13. The van der Waals surface area contributed by atoms with Crippen molar-refractivity contribution in [3.8, 4) is 11.5 Å². The Morgan fingerprint density at radius 2 is 1.75 bits per heavy atom. The number of ether oxygens (including phenoxy) is 1. The van der Waals surface area contributed by atoms with Crippen molar-refractivity contribution in [2.24, 2.45) is 0 Å². The zero-order valence-corrected chi connectivity index (χ0v) is 11.9. The van der Waals surface area contributed by atoms with Crippen molar-refractivity contribution in [2.45, 2.75) is 26.7 Å². The smallest absolute Gasteiger partial charge is 0.310 e. The van der Waals surface area contributed by atoms with E-state index < -0.39 is 11.9 Å². The molecule has 1 atom stereocenters. The third kappa shape index (κ3) is 2.99. The molecule has 0 amide bonds. The lowest BCUT2D eigenvalue weighted by Gasteiger charge is -2.12. The van der Waals surface area contributed by atoms with Gasteiger partial charge in [-0.2, -0.15) is 0 Å². The average molecular weight is 270 g/mol. The van der Waals surface area contributed by atoms with Gasteiger partial charge in [-0.3, -0.25) is 4.79 Å². The molecule has 0 aliphatic heterocycles. The van der Waals surface area contributed by atoms with Gasteiger partial charge in [-0.25, -0.2) is 0 Å². The fourth-order valence-electron chi connectivity index (χ4n) is 1.93. The zero-order valence-electron chi connectivity index (χ0n) is 11.9. The maximum atomic E-state index is 10.9. The van der Waals surface area contributed by atoms with Crippen LogP contribution in [0.1, 0.15) is 29.5 Å². The van der Waals surface area contributed by atoms with E-state index in [0.29, 0.717) is 5.75 Å². The number of hydrogen-bond donors (Lipinski definition) is 1. The number of aliphatic carboxylic acids is 1. The van der Waals surface area contributed by atoms with E-state index in [9.17, 15) is 4.79 Å². The van der Waals surface area contributed by atoms with E-state index in [-0.39, 0.29) is 0 Å². The highest BCUT2D eigenvalue weighted by Crippen LogP contribution is 2.28. The number of carboxylic acids is 1. The van der Waals surface area contributed by atoms with Gasteiger partial charge in [0.05, 0.1) is 5.92 Å². The summed E-state index contributed by atoms with van der Waals surface area (Å²) in [6.45, 7) is 5.73. The molecule has 0 saturated heterocycles. The van der Waals surface area contributed by atoms with E-state index in [1.54, 1.807) is 31.2 Å². The second-order valence-electron chi connectivity index (χ2n) is 4.93. The van der Waals surface area contributed by atoms with Crippen LogP contribution in [-0.2, 0) is 4.79 Å². The largest absolute Gasteiger partial charge is 0.481 e. The lowest BCUT2D eigenvalue weighted by atomic mass is 10.0. The summed E-state index contributed by atoms with van der Waals surface area (Å²) in [7, 11) is 0. The maximum absolute atomic E-state index is 10.9. The Labute approximate surface area is 118 Å². The van der Waals surface area contributed by atoms with Crippen molar-refractivity contribution in [3.63, 3.8) is 0 Å². The molecule has 2 aromatic rings. The average Bonchev–Trinajstić information content (AvgIpc) is 2.44. The molecule has 0 aromatic heterocycles. The first-order chi connectivity index (χ1) is 9.49. The molecule has 0 aliphatic carbocycles. The summed E-state index contributed by atoms with van der Waals surface area (Å²) >= 11 is 0. The molecule has 0 radical (unpaired) electrons. The minimum absolute atomic E-state index is 0.509. The molecule has 1 N–H and O–H groups in total. The van der Waals surface area contributed by atoms with E-state index >= 15 is 0 Å². The fraction of sp³-hybridized carbons (Fsp3) is 0.235. The minimum atomic E-state index is -0.826. The quantitative estimate of drug-likeness (QED) is 0.901. The van der Waals surface area contributed by atoms with Crippen LogP contribution in [0.15, 0.2) is 42.5 Å². The summed E-state index contributed by atoms with van der Waals surface area (Å²) in [4.78, 5) is 10.9. The second-order valence-corrected chi connectivity index (χ2v) is 4.93. The summed E-state index contributed by atoms with van der Waals surface area (Å²) in [6, 6.07) is 13.1. The number of rotatable bonds is 4. The number of benzene rings is 2. The summed E-state index contributed by atoms with van der Waals surface area (Å²) in [6.07, 6.45) is 0. The number of carboxylic acid groups (broad SMARTS) is 1. The van der Waals surface area contributed by atoms with Crippen LogP contribution < -0.4 is 4.74 Å². The Morgan fingerprint density at radius 1 is 1.10 bits per heavy atom. The molecule has 0 fully saturated rings. The van der Waals surface area contributed by atoms with E-state index in [1.807, 2.05) is 32.0 Å². The number of carbonyl (C=O) groups is 1. The first-order valence-corrected chi connectivity index (χ1v) is 6.56. The van der Waals surface area contributed by atoms with Crippen molar-refractivity contribution in [2.75, 3.05) is 0 Å². The van der Waals surface area contributed by atoms with E-state index in [1.165, 1.54) is 5.56 Å². The van der Waals surface area contributed by atoms with Crippen LogP contribution in [0.5, 0.6) is 11.5 Å². The van der Waals surface area contributed by atoms with Crippen molar-refractivity contribution >= 4 is 5.97 Å². The van der Waals surface area contributed by atoms with Crippen molar-refractivity contribution in [1.82, 2.24) is 0 Å². The van der Waals surface area contributed by atoms with Crippen molar-refractivity contribution in [3.05, 3.63) is 59.2 Å². The summed E-state index contributed by atoms with van der Waals surface area (Å²) in [5.41, 5.74) is 3.06. The van der Waals surface area contributed by atoms with Crippen molar-refractivity contribution < 1.29 is 14.6 Å². The first-order valence-electron chi connectivity index (χ1n) is 6.56. The molecular formula is C17H18O3. The topological polar surface area (TPSA) is 46.5 Å².